The van der Waals surface area contributed by atoms with Crippen molar-refractivity contribution in [1.29, 1.82) is 0 Å². The lowest BCUT2D eigenvalue weighted by Crippen LogP contribution is -2.31. The summed E-state index contributed by atoms with van der Waals surface area (Å²) >= 11 is 0.901. The number of hydrogen-bond donors (Lipinski definition) is 1. The van der Waals surface area contributed by atoms with E-state index in [4.69, 9.17) is 9.15 Å². The third-order valence-electron chi connectivity index (χ3n) is 5.06. The first kappa shape index (κ1) is 27.3. The minimum absolute atomic E-state index is 0.0166. The number of thioether (sulfide) groups is 1. The summed E-state index contributed by atoms with van der Waals surface area (Å²) in [6, 6.07) is 12.6. The van der Waals surface area contributed by atoms with Gasteiger partial charge < -0.3 is 19.2 Å². The summed E-state index contributed by atoms with van der Waals surface area (Å²) in [4.78, 5) is 42.3. The Morgan fingerprint density at radius 3 is 2.62 bits per heavy atom. The molecule has 2 heterocycles. The molecule has 4 rings (SSSR count). The van der Waals surface area contributed by atoms with Gasteiger partial charge in [-0.05, 0) is 55.5 Å². The van der Waals surface area contributed by atoms with E-state index in [1.807, 2.05) is 0 Å². The highest BCUT2D eigenvalue weighted by Crippen LogP contribution is 2.32. The summed E-state index contributed by atoms with van der Waals surface area (Å²) in [7, 11) is 0. The quantitative estimate of drug-likeness (QED) is 0.201. The van der Waals surface area contributed by atoms with Crippen molar-refractivity contribution in [2.24, 2.45) is 4.99 Å². The molecule has 1 aliphatic heterocycles. The lowest BCUT2D eigenvalue weighted by atomic mass is 10.2. The van der Waals surface area contributed by atoms with E-state index in [9.17, 15) is 28.5 Å². The maximum absolute atomic E-state index is 13.2. The van der Waals surface area contributed by atoms with Crippen molar-refractivity contribution in [1.82, 2.24) is 0 Å². The first-order chi connectivity index (χ1) is 18.7. The Morgan fingerprint density at radius 2 is 1.97 bits per heavy atom. The number of hydrogen-bond acceptors (Lipinski definition) is 9. The van der Waals surface area contributed by atoms with Crippen molar-refractivity contribution in [2.45, 2.75) is 13.5 Å². The summed E-state index contributed by atoms with van der Waals surface area (Å²) in [5, 5.41) is 14.1. The van der Waals surface area contributed by atoms with Crippen molar-refractivity contribution in [3.05, 3.63) is 82.4 Å². The number of nitrogens with one attached hydrogen (secondary N) is 1. The molecule has 0 unspecified atom stereocenters. The number of carbonyl (C=O) groups excluding carboxylic acids is 2. The van der Waals surface area contributed by atoms with Crippen LogP contribution in [0.5, 0.6) is 11.5 Å². The Morgan fingerprint density at radius 1 is 1.23 bits per heavy atom. The van der Waals surface area contributed by atoms with Gasteiger partial charge in [-0.2, -0.15) is 8.78 Å². The molecular weight excluding hydrogens is 538 g/mol. The predicted octanol–water partition coefficient (Wildman–Crippen LogP) is 5.30. The average Bonchev–Trinajstić information content (AvgIpc) is 3.52. The molecule has 0 aliphatic carbocycles. The zero-order valence-corrected chi connectivity index (χ0v) is 21.0. The van der Waals surface area contributed by atoms with Crippen LogP contribution >= 0.6 is 11.8 Å². The molecule has 0 saturated heterocycles. The molecule has 0 bridgehead atoms. The molecule has 2 amide bonds. The highest BCUT2D eigenvalue weighted by Gasteiger charge is 2.33. The van der Waals surface area contributed by atoms with Gasteiger partial charge in [0.05, 0.1) is 35.3 Å². The van der Waals surface area contributed by atoms with E-state index in [0.29, 0.717) is 18.1 Å². The van der Waals surface area contributed by atoms with Crippen LogP contribution in [-0.4, -0.2) is 40.9 Å². The number of nitro benzene ring substituents is 1. The monoisotopic (exact) mass is 558 g/mol. The van der Waals surface area contributed by atoms with Crippen molar-refractivity contribution in [3.63, 3.8) is 0 Å². The number of rotatable bonds is 10. The van der Waals surface area contributed by atoms with E-state index in [1.54, 1.807) is 19.1 Å². The average molecular weight is 559 g/mol. The van der Waals surface area contributed by atoms with Gasteiger partial charge in [0.15, 0.2) is 5.17 Å². The minimum Gasteiger partial charge on any atom is -0.494 e. The molecule has 0 radical (unpaired) electrons. The molecular formula is C25H20F2N4O7S. The number of alkyl halides is 2. The number of benzene rings is 2. The van der Waals surface area contributed by atoms with Crippen LogP contribution in [0.25, 0.3) is 6.08 Å². The number of ether oxygens (including phenoxy) is 2. The zero-order chi connectivity index (χ0) is 27.9. The molecule has 202 valence electrons. The SMILES string of the molecule is CCOc1ccc(NC(=O)CSC2=N/C(=C\c3ccco3)C(=O)N2c2ccc(OC(F)F)cc2)c([N+](=O)[O-])c1. The van der Waals surface area contributed by atoms with Gasteiger partial charge in [0.2, 0.25) is 5.91 Å². The van der Waals surface area contributed by atoms with Crippen molar-refractivity contribution in [2.75, 3.05) is 22.6 Å². The van der Waals surface area contributed by atoms with E-state index >= 15 is 0 Å². The Labute approximate surface area is 224 Å². The number of halogens is 2. The third-order valence-corrected chi connectivity index (χ3v) is 5.99. The number of aliphatic imine (C=N–C) groups is 1. The van der Waals surface area contributed by atoms with Crippen LogP contribution < -0.4 is 19.7 Å². The number of furan rings is 1. The standard InChI is InChI=1S/C25H20F2N4O7S/c1-2-36-18-9-10-19(21(13-18)31(34)35)28-22(32)14-39-25-29-20(12-17-4-3-11-37-17)23(33)30(25)15-5-7-16(8-6-15)38-24(26)27/h3-13,24H,2,14H2,1H3,(H,28,32)/b20-12-. The normalized spacial score (nSPS) is 14.1. The van der Waals surface area contributed by atoms with Crippen molar-refractivity contribution >= 4 is 51.9 Å². The molecule has 14 heteroatoms. The number of amides is 2. The fourth-order valence-electron chi connectivity index (χ4n) is 3.45. The fourth-order valence-corrected chi connectivity index (χ4v) is 4.26. The second-order valence-electron chi connectivity index (χ2n) is 7.66. The fraction of sp³-hybridized carbons (Fsp3) is 0.160. The molecule has 0 saturated carbocycles. The van der Waals surface area contributed by atoms with Gasteiger partial charge in [0.25, 0.3) is 11.6 Å². The maximum atomic E-state index is 13.2. The van der Waals surface area contributed by atoms with Gasteiger partial charge in [-0.3, -0.25) is 24.6 Å². The Balaban J connectivity index is 1.54. The predicted molar refractivity (Wildman–Crippen MR) is 140 cm³/mol. The molecule has 0 fully saturated rings. The van der Waals surface area contributed by atoms with Crippen LogP contribution in [0.2, 0.25) is 0 Å². The Bertz CT molecular complexity index is 1430. The first-order valence-electron chi connectivity index (χ1n) is 11.3. The summed E-state index contributed by atoms with van der Waals surface area (Å²) < 4.78 is 39.9. The summed E-state index contributed by atoms with van der Waals surface area (Å²) in [6.07, 6.45) is 2.84. The van der Waals surface area contributed by atoms with E-state index in [1.165, 1.54) is 59.7 Å². The molecule has 1 aromatic heterocycles. The lowest BCUT2D eigenvalue weighted by molar-refractivity contribution is -0.384. The Hall–Kier alpha value is -4.72. The van der Waals surface area contributed by atoms with Gasteiger partial charge >= 0.3 is 6.61 Å². The molecule has 0 spiro atoms. The van der Waals surface area contributed by atoms with Gasteiger partial charge in [0.1, 0.15) is 28.6 Å². The van der Waals surface area contributed by atoms with E-state index in [0.717, 1.165) is 11.8 Å². The van der Waals surface area contributed by atoms with Crippen molar-refractivity contribution in [3.8, 4) is 11.5 Å². The van der Waals surface area contributed by atoms with Crippen LogP contribution in [0.4, 0.5) is 25.8 Å². The number of carbonyl (C=O) groups is 2. The summed E-state index contributed by atoms with van der Waals surface area (Å²) in [6.45, 7) is -0.960. The van der Waals surface area contributed by atoms with E-state index < -0.39 is 23.3 Å². The van der Waals surface area contributed by atoms with Crippen LogP contribution in [0, 0.1) is 10.1 Å². The molecule has 1 aliphatic rings. The molecule has 3 aromatic rings. The Kier molecular flexibility index (Phi) is 8.56. The zero-order valence-electron chi connectivity index (χ0n) is 20.2. The topological polar surface area (TPSA) is 137 Å². The first-order valence-corrected chi connectivity index (χ1v) is 12.3. The summed E-state index contributed by atoms with van der Waals surface area (Å²) in [5.41, 5.74) is -0.0614. The number of nitro groups is 1. The molecule has 2 aromatic carbocycles. The number of amidine groups is 1. The van der Waals surface area contributed by atoms with Crippen LogP contribution in [0.1, 0.15) is 12.7 Å². The van der Waals surface area contributed by atoms with Gasteiger partial charge in [0, 0.05) is 6.08 Å². The van der Waals surface area contributed by atoms with E-state index in [-0.39, 0.29) is 39.5 Å². The second kappa shape index (κ2) is 12.2. The summed E-state index contributed by atoms with van der Waals surface area (Å²) in [5.74, 6) is -0.839. The second-order valence-corrected chi connectivity index (χ2v) is 8.60. The van der Waals surface area contributed by atoms with Crippen LogP contribution in [0.15, 0.2) is 76.0 Å². The lowest BCUT2D eigenvalue weighted by Gasteiger charge is -2.18. The van der Waals surface area contributed by atoms with Gasteiger partial charge in [-0.25, -0.2) is 4.99 Å². The highest BCUT2D eigenvalue weighted by molar-refractivity contribution is 8.14. The molecule has 11 nitrogen and oxygen atoms in total. The number of anilines is 2. The van der Waals surface area contributed by atoms with Crippen LogP contribution in [-0.2, 0) is 9.59 Å². The smallest absolute Gasteiger partial charge is 0.387 e. The highest BCUT2D eigenvalue weighted by atomic mass is 32.2. The maximum Gasteiger partial charge on any atom is 0.387 e. The molecule has 0 atom stereocenters. The molecule has 39 heavy (non-hydrogen) atoms. The third kappa shape index (κ3) is 6.78. The van der Waals surface area contributed by atoms with Gasteiger partial charge in [-0.1, -0.05) is 11.8 Å². The number of nitrogens with zero attached hydrogens (tertiary/aromatic N) is 3. The van der Waals surface area contributed by atoms with E-state index in [2.05, 4.69) is 15.0 Å². The largest absolute Gasteiger partial charge is 0.494 e. The van der Waals surface area contributed by atoms with Crippen molar-refractivity contribution < 1.29 is 37.2 Å². The van der Waals surface area contributed by atoms with Crippen LogP contribution in [0.3, 0.4) is 0 Å². The minimum atomic E-state index is -3.01. The molecule has 1 N–H and O–H groups in total. The van der Waals surface area contributed by atoms with Gasteiger partial charge in [-0.15, -0.1) is 0 Å².